The fraction of sp³-hybridized carbons (Fsp3) is 0.222. The molecule has 0 radical (unpaired) electrons. The Morgan fingerprint density at radius 3 is 2.30 bits per heavy atom. The molecule has 0 atom stereocenters. The molecule has 2 aromatic carbocycles. The van der Waals surface area contributed by atoms with Gasteiger partial charge in [-0.15, -0.1) is 0 Å². The van der Waals surface area contributed by atoms with Gasteiger partial charge in [-0.3, -0.25) is 9.59 Å². The Hall–Kier alpha value is -2.56. The van der Waals surface area contributed by atoms with Crippen LogP contribution in [0.1, 0.15) is 35.2 Å². The van der Waals surface area contributed by atoms with Crippen molar-refractivity contribution in [3.63, 3.8) is 0 Å². The molecular formula is C18H17F2NO2. The fourth-order valence-electron chi connectivity index (χ4n) is 2.11. The maximum atomic E-state index is 13.4. The normalized spacial score (nSPS) is 10.3. The monoisotopic (exact) mass is 317 g/mol. The highest BCUT2D eigenvalue weighted by molar-refractivity contribution is 5.96. The van der Waals surface area contributed by atoms with Gasteiger partial charge in [0.1, 0.15) is 11.6 Å². The lowest BCUT2D eigenvalue weighted by Crippen LogP contribution is -2.23. The lowest BCUT2D eigenvalue weighted by Gasteiger charge is -2.06. The standard InChI is InChI=1S/C18H17F2NO2/c19-15-10-8-13(9-11-15)17(22)6-3-7-18(23)21-12-14-4-1-2-5-16(14)20/h1-2,4-5,8-11H,3,6-7,12H2,(H,21,23). The first kappa shape index (κ1) is 16.8. The Balaban J connectivity index is 1.71. The zero-order valence-corrected chi connectivity index (χ0v) is 12.5. The topological polar surface area (TPSA) is 46.2 Å². The van der Waals surface area contributed by atoms with Gasteiger partial charge in [-0.1, -0.05) is 18.2 Å². The van der Waals surface area contributed by atoms with E-state index in [9.17, 15) is 18.4 Å². The molecule has 2 rings (SSSR count). The van der Waals surface area contributed by atoms with Gasteiger partial charge < -0.3 is 5.32 Å². The van der Waals surface area contributed by atoms with E-state index < -0.39 is 5.82 Å². The molecule has 0 spiro atoms. The van der Waals surface area contributed by atoms with Crippen LogP contribution in [0.15, 0.2) is 48.5 Å². The predicted molar refractivity (Wildman–Crippen MR) is 82.8 cm³/mol. The minimum atomic E-state index is -0.394. The average molecular weight is 317 g/mol. The van der Waals surface area contributed by atoms with Crippen LogP contribution < -0.4 is 5.32 Å². The summed E-state index contributed by atoms with van der Waals surface area (Å²) in [6.45, 7) is 0.122. The van der Waals surface area contributed by atoms with Crippen molar-refractivity contribution in [2.75, 3.05) is 0 Å². The van der Waals surface area contributed by atoms with Crippen molar-refractivity contribution in [3.05, 3.63) is 71.3 Å². The number of Topliss-reactive ketones (excluding diaryl/α,β-unsaturated/α-hetero) is 1. The van der Waals surface area contributed by atoms with Gasteiger partial charge in [-0.2, -0.15) is 0 Å². The van der Waals surface area contributed by atoms with Gasteiger partial charge in [-0.05, 0) is 36.8 Å². The molecular weight excluding hydrogens is 300 g/mol. The largest absolute Gasteiger partial charge is 0.352 e. The van der Waals surface area contributed by atoms with E-state index in [4.69, 9.17) is 0 Å². The van der Waals surface area contributed by atoms with Crippen molar-refractivity contribution in [1.82, 2.24) is 5.32 Å². The quantitative estimate of drug-likeness (QED) is 0.793. The number of halogens is 2. The van der Waals surface area contributed by atoms with E-state index in [1.165, 1.54) is 30.3 Å². The van der Waals surface area contributed by atoms with E-state index in [0.717, 1.165) is 0 Å². The molecule has 0 saturated heterocycles. The molecule has 0 aliphatic rings. The zero-order chi connectivity index (χ0) is 16.7. The van der Waals surface area contributed by atoms with Crippen LogP contribution in [0.4, 0.5) is 8.78 Å². The van der Waals surface area contributed by atoms with Crippen molar-refractivity contribution in [3.8, 4) is 0 Å². The van der Waals surface area contributed by atoms with Crippen LogP contribution in [0.25, 0.3) is 0 Å². The number of amides is 1. The second-order valence-electron chi connectivity index (χ2n) is 5.15. The van der Waals surface area contributed by atoms with Crippen LogP contribution in [-0.4, -0.2) is 11.7 Å². The maximum Gasteiger partial charge on any atom is 0.220 e. The number of hydrogen-bond donors (Lipinski definition) is 1. The predicted octanol–water partition coefficient (Wildman–Crippen LogP) is 3.63. The molecule has 0 fully saturated rings. The summed E-state index contributed by atoms with van der Waals surface area (Å²) in [5.41, 5.74) is 0.849. The van der Waals surface area contributed by atoms with Gasteiger partial charge in [0.15, 0.2) is 5.78 Å². The van der Waals surface area contributed by atoms with Crippen LogP contribution in [0.3, 0.4) is 0 Å². The number of nitrogens with one attached hydrogen (secondary N) is 1. The summed E-state index contributed by atoms with van der Waals surface area (Å²) in [5, 5.41) is 2.62. The molecule has 0 aliphatic carbocycles. The molecule has 2 aromatic rings. The first-order chi connectivity index (χ1) is 11.1. The zero-order valence-electron chi connectivity index (χ0n) is 12.5. The van der Waals surface area contributed by atoms with E-state index >= 15 is 0 Å². The van der Waals surface area contributed by atoms with Gasteiger partial charge in [-0.25, -0.2) is 8.78 Å². The lowest BCUT2D eigenvalue weighted by atomic mass is 10.1. The average Bonchev–Trinajstić information content (AvgIpc) is 2.54. The van der Waals surface area contributed by atoms with Gasteiger partial charge in [0, 0.05) is 30.5 Å². The van der Waals surface area contributed by atoms with Crippen LogP contribution in [0.5, 0.6) is 0 Å². The van der Waals surface area contributed by atoms with E-state index in [2.05, 4.69) is 5.32 Å². The van der Waals surface area contributed by atoms with Crippen molar-refractivity contribution in [1.29, 1.82) is 0 Å². The number of rotatable bonds is 7. The van der Waals surface area contributed by atoms with Crippen LogP contribution >= 0.6 is 0 Å². The van der Waals surface area contributed by atoms with E-state index in [1.54, 1.807) is 18.2 Å². The van der Waals surface area contributed by atoms with Crippen LogP contribution in [-0.2, 0) is 11.3 Å². The van der Waals surface area contributed by atoms with Gasteiger partial charge in [0.05, 0.1) is 0 Å². The summed E-state index contributed by atoms with van der Waals surface area (Å²) in [6.07, 6.45) is 0.777. The first-order valence-corrected chi connectivity index (χ1v) is 7.35. The molecule has 1 amide bonds. The fourth-order valence-corrected chi connectivity index (χ4v) is 2.11. The molecule has 120 valence electrons. The van der Waals surface area contributed by atoms with E-state index in [1.807, 2.05) is 0 Å². The van der Waals surface area contributed by atoms with Gasteiger partial charge >= 0.3 is 0 Å². The van der Waals surface area contributed by atoms with Crippen molar-refractivity contribution in [2.45, 2.75) is 25.8 Å². The summed E-state index contributed by atoms with van der Waals surface area (Å²) < 4.78 is 26.2. The summed E-state index contributed by atoms with van der Waals surface area (Å²) in [5.74, 6) is -1.12. The second kappa shape index (κ2) is 8.17. The number of hydrogen-bond acceptors (Lipinski definition) is 2. The highest BCUT2D eigenvalue weighted by Crippen LogP contribution is 2.09. The third kappa shape index (κ3) is 5.29. The molecule has 3 nitrogen and oxygen atoms in total. The van der Waals surface area contributed by atoms with Gasteiger partial charge in [0.25, 0.3) is 0 Å². The lowest BCUT2D eigenvalue weighted by molar-refractivity contribution is -0.121. The third-order valence-corrected chi connectivity index (χ3v) is 3.41. The highest BCUT2D eigenvalue weighted by atomic mass is 19.1. The molecule has 1 N–H and O–H groups in total. The maximum absolute atomic E-state index is 13.4. The van der Waals surface area contributed by atoms with Crippen LogP contribution in [0, 0.1) is 11.6 Å². The van der Waals surface area contributed by atoms with Crippen LogP contribution in [0.2, 0.25) is 0 Å². The SMILES string of the molecule is O=C(CCCC(=O)c1ccc(F)cc1)NCc1ccccc1F. The Kier molecular flexibility index (Phi) is 5.97. The number of benzene rings is 2. The van der Waals surface area contributed by atoms with Crippen molar-refractivity contribution >= 4 is 11.7 Å². The molecule has 0 aromatic heterocycles. The highest BCUT2D eigenvalue weighted by Gasteiger charge is 2.08. The summed E-state index contributed by atoms with van der Waals surface area (Å²) in [6, 6.07) is 11.5. The Bertz CT molecular complexity index is 684. The molecule has 23 heavy (non-hydrogen) atoms. The van der Waals surface area contributed by atoms with E-state index in [0.29, 0.717) is 17.5 Å². The Morgan fingerprint density at radius 1 is 0.913 bits per heavy atom. The molecule has 5 heteroatoms. The molecule has 0 bridgehead atoms. The summed E-state index contributed by atoms with van der Waals surface area (Å²) in [7, 11) is 0. The summed E-state index contributed by atoms with van der Waals surface area (Å²) >= 11 is 0. The minimum Gasteiger partial charge on any atom is -0.352 e. The first-order valence-electron chi connectivity index (χ1n) is 7.35. The number of ketones is 1. The minimum absolute atomic E-state index is 0.122. The smallest absolute Gasteiger partial charge is 0.220 e. The van der Waals surface area contributed by atoms with Gasteiger partial charge in [0.2, 0.25) is 5.91 Å². The molecule has 0 aliphatic heterocycles. The Labute approximate surface area is 133 Å². The number of carbonyl (C=O) groups excluding carboxylic acids is 2. The second-order valence-corrected chi connectivity index (χ2v) is 5.15. The molecule has 0 saturated carbocycles. The Morgan fingerprint density at radius 2 is 1.61 bits per heavy atom. The summed E-state index contributed by atoms with van der Waals surface area (Å²) in [4.78, 5) is 23.6. The molecule has 0 unspecified atom stereocenters. The van der Waals surface area contributed by atoms with E-state index in [-0.39, 0.29) is 36.9 Å². The third-order valence-electron chi connectivity index (χ3n) is 3.41. The number of carbonyl (C=O) groups is 2. The van der Waals surface area contributed by atoms with Crippen molar-refractivity contribution < 1.29 is 18.4 Å². The van der Waals surface area contributed by atoms with Crippen molar-refractivity contribution in [2.24, 2.45) is 0 Å². The molecule has 0 heterocycles.